The van der Waals surface area contributed by atoms with E-state index in [9.17, 15) is 0 Å². The van der Waals surface area contributed by atoms with Crippen LogP contribution in [-0.2, 0) is 9.47 Å². The molecule has 0 aliphatic rings. The van der Waals surface area contributed by atoms with Crippen molar-refractivity contribution in [1.82, 2.24) is 0 Å². The molecule has 0 aromatic carbocycles. The summed E-state index contributed by atoms with van der Waals surface area (Å²) in [5.41, 5.74) is 0. The molecule has 0 bridgehead atoms. The predicted octanol–water partition coefficient (Wildman–Crippen LogP) is 1.81. The Morgan fingerprint density at radius 3 is 2.60 bits per heavy atom. The molecule has 0 spiro atoms. The van der Waals surface area contributed by atoms with Gasteiger partial charge in [-0.15, -0.1) is 0 Å². The number of hydrogen-bond acceptors (Lipinski definition) is 2. The molecule has 2 heteroatoms. The summed E-state index contributed by atoms with van der Waals surface area (Å²) >= 11 is 0. The third-order valence-electron chi connectivity index (χ3n) is 1.11. The molecule has 0 aliphatic carbocycles. The molecule has 0 heterocycles. The summed E-state index contributed by atoms with van der Waals surface area (Å²) in [5, 5.41) is 0. The minimum atomic E-state index is -0.343. The molecule has 0 aromatic rings. The van der Waals surface area contributed by atoms with Crippen LogP contribution in [0.3, 0.4) is 0 Å². The molecule has 10 heavy (non-hydrogen) atoms. The van der Waals surface area contributed by atoms with Crippen LogP contribution in [0.25, 0.3) is 0 Å². The van der Waals surface area contributed by atoms with Crippen molar-refractivity contribution in [2.45, 2.75) is 26.1 Å². The van der Waals surface area contributed by atoms with E-state index in [1.807, 2.05) is 0 Å². The van der Waals surface area contributed by atoms with Crippen molar-refractivity contribution in [3.8, 4) is 0 Å². The maximum absolute atomic E-state index is 5.15. The summed E-state index contributed by atoms with van der Waals surface area (Å²) in [7, 11) is 0. The van der Waals surface area contributed by atoms with Crippen molar-refractivity contribution in [2.24, 2.45) is 0 Å². The Balaban J connectivity index is 2.97. The van der Waals surface area contributed by atoms with E-state index in [0.717, 1.165) is 19.4 Å². The number of hydrogen-bond donors (Lipinski definition) is 0. The highest BCUT2D eigenvalue weighted by Gasteiger charge is 1.97. The van der Waals surface area contributed by atoms with Gasteiger partial charge in [-0.25, -0.2) is 0 Å². The Kier molecular flexibility index (Phi) is 6.98. The van der Waals surface area contributed by atoms with Gasteiger partial charge in [-0.2, -0.15) is 0 Å². The average Bonchev–Trinajstić information content (AvgIpc) is 1.89. The Morgan fingerprint density at radius 1 is 1.40 bits per heavy atom. The van der Waals surface area contributed by atoms with Crippen molar-refractivity contribution in [1.29, 1.82) is 0 Å². The van der Waals surface area contributed by atoms with Gasteiger partial charge in [0.25, 0.3) is 0 Å². The van der Waals surface area contributed by atoms with Gasteiger partial charge in [-0.1, -0.05) is 13.3 Å². The fraction of sp³-hybridized carbons (Fsp3) is 0.750. The second-order valence-corrected chi connectivity index (χ2v) is 2.02. The van der Waals surface area contributed by atoms with Gasteiger partial charge in [-0.05, 0) is 13.3 Å². The first-order valence-electron chi connectivity index (χ1n) is 3.66. The van der Waals surface area contributed by atoms with Crippen LogP contribution in [0.5, 0.6) is 0 Å². The van der Waals surface area contributed by atoms with Crippen LogP contribution in [0.15, 0.2) is 0 Å². The maximum atomic E-state index is 5.15. The number of unbranched alkanes of at least 4 members (excludes halogenated alkanes) is 1. The summed E-state index contributed by atoms with van der Waals surface area (Å²) in [6.07, 6.45) is 1.85. The maximum Gasteiger partial charge on any atom is 0.157 e. The van der Waals surface area contributed by atoms with Gasteiger partial charge in [0.05, 0.1) is 0 Å². The summed E-state index contributed by atoms with van der Waals surface area (Å²) in [4.78, 5) is 0. The summed E-state index contributed by atoms with van der Waals surface area (Å²) < 4.78 is 10.1. The molecule has 0 saturated carbocycles. The van der Waals surface area contributed by atoms with Crippen LogP contribution < -0.4 is 0 Å². The van der Waals surface area contributed by atoms with E-state index in [1.54, 1.807) is 0 Å². The lowest BCUT2D eigenvalue weighted by Crippen LogP contribution is -2.13. The van der Waals surface area contributed by atoms with Crippen LogP contribution in [0.1, 0.15) is 19.8 Å². The van der Waals surface area contributed by atoms with E-state index in [4.69, 9.17) is 9.47 Å². The van der Waals surface area contributed by atoms with Gasteiger partial charge < -0.3 is 9.47 Å². The highest BCUT2D eigenvalue weighted by molar-refractivity contribution is 4.46. The van der Waals surface area contributed by atoms with Gasteiger partial charge in [0.2, 0.25) is 0 Å². The lowest BCUT2D eigenvalue weighted by molar-refractivity contribution is -0.106. The Labute approximate surface area is 63.5 Å². The molecular weight excluding hydrogens is 128 g/mol. The first-order valence-corrected chi connectivity index (χ1v) is 3.66. The number of ether oxygens (including phenoxy) is 2. The van der Waals surface area contributed by atoms with Crippen LogP contribution in [0, 0.1) is 13.8 Å². The van der Waals surface area contributed by atoms with E-state index in [0.29, 0.717) is 6.61 Å². The quantitative estimate of drug-likeness (QED) is 0.418. The van der Waals surface area contributed by atoms with E-state index in [-0.39, 0.29) is 6.29 Å². The fourth-order valence-electron chi connectivity index (χ4n) is 0.539. The first-order chi connectivity index (χ1) is 4.81. The lowest BCUT2D eigenvalue weighted by atomic mass is 10.4. The van der Waals surface area contributed by atoms with Crippen LogP contribution in [-0.4, -0.2) is 19.5 Å². The predicted molar refractivity (Wildman–Crippen MR) is 41.3 cm³/mol. The molecule has 0 N–H and O–H groups in total. The molecule has 0 saturated heterocycles. The van der Waals surface area contributed by atoms with Crippen molar-refractivity contribution < 1.29 is 9.47 Å². The topological polar surface area (TPSA) is 18.5 Å². The molecule has 0 rings (SSSR count). The molecular formula is C8H16O2. The van der Waals surface area contributed by atoms with Crippen molar-refractivity contribution in [2.75, 3.05) is 13.2 Å². The number of rotatable bonds is 6. The summed E-state index contributed by atoms with van der Waals surface area (Å²) in [5.74, 6) is 0. The monoisotopic (exact) mass is 144 g/mol. The smallest absolute Gasteiger partial charge is 0.157 e. The minimum Gasteiger partial charge on any atom is -0.353 e. The average molecular weight is 144 g/mol. The van der Waals surface area contributed by atoms with Crippen LogP contribution in [0.4, 0.5) is 0 Å². The van der Waals surface area contributed by atoms with Gasteiger partial charge in [0.1, 0.15) is 0 Å². The van der Waals surface area contributed by atoms with Gasteiger partial charge in [-0.3, -0.25) is 0 Å². The van der Waals surface area contributed by atoms with Gasteiger partial charge >= 0.3 is 0 Å². The second-order valence-electron chi connectivity index (χ2n) is 2.02. The largest absolute Gasteiger partial charge is 0.353 e. The molecule has 0 amide bonds. The highest BCUT2D eigenvalue weighted by Crippen LogP contribution is 1.95. The van der Waals surface area contributed by atoms with E-state index < -0.39 is 0 Å². The van der Waals surface area contributed by atoms with Crippen LogP contribution >= 0.6 is 0 Å². The standard InChI is InChI=1S/C8H16O2/c1-4-6-7-10-8(3)9-5-2/h8H,2-7H2,1H3. The van der Waals surface area contributed by atoms with E-state index >= 15 is 0 Å². The molecule has 60 valence electrons. The van der Waals surface area contributed by atoms with Crippen molar-refractivity contribution in [3.63, 3.8) is 0 Å². The molecule has 2 nitrogen and oxygen atoms in total. The summed E-state index contributed by atoms with van der Waals surface area (Å²) in [6.45, 7) is 10.4. The Hall–Kier alpha value is -0.0800. The normalized spacial score (nSPS) is 13.5. The van der Waals surface area contributed by atoms with Crippen molar-refractivity contribution >= 4 is 0 Å². The first kappa shape index (κ1) is 9.92. The van der Waals surface area contributed by atoms with Gasteiger partial charge in [0, 0.05) is 20.1 Å². The molecule has 2 radical (unpaired) electrons. The molecule has 0 aromatic heterocycles. The third-order valence-corrected chi connectivity index (χ3v) is 1.11. The zero-order valence-electron chi connectivity index (χ0n) is 6.64. The zero-order chi connectivity index (χ0) is 7.82. The molecule has 1 unspecified atom stereocenters. The third kappa shape index (κ3) is 6.05. The summed E-state index contributed by atoms with van der Waals surface area (Å²) in [6, 6.07) is 0. The Bertz CT molecular complexity index is 64.3. The lowest BCUT2D eigenvalue weighted by Gasteiger charge is -2.11. The van der Waals surface area contributed by atoms with E-state index in [1.165, 1.54) is 0 Å². The second kappa shape index (κ2) is 7.03. The zero-order valence-corrected chi connectivity index (χ0v) is 6.64. The fourth-order valence-corrected chi connectivity index (χ4v) is 0.539. The van der Waals surface area contributed by atoms with Crippen molar-refractivity contribution in [3.05, 3.63) is 13.8 Å². The molecule has 1 atom stereocenters. The van der Waals surface area contributed by atoms with E-state index in [2.05, 4.69) is 20.8 Å². The minimum absolute atomic E-state index is 0.343. The molecule has 0 fully saturated rings. The SMILES string of the molecule is [CH2]COC([CH2])OCCCC. The molecule has 0 aliphatic heterocycles. The Morgan fingerprint density at radius 2 is 2.10 bits per heavy atom. The highest BCUT2D eigenvalue weighted by atomic mass is 16.7. The van der Waals surface area contributed by atoms with Gasteiger partial charge in [0.15, 0.2) is 6.29 Å². The van der Waals surface area contributed by atoms with Crippen LogP contribution in [0.2, 0.25) is 0 Å².